The van der Waals surface area contributed by atoms with Gasteiger partial charge in [-0.3, -0.25) is 4.98 Å². The van der Waals surface area contributed by atoms with Gasteiger partial charge in [0.2, 0.25) is 0 Å². The highest BCUT2D eigenvalue weighted by atomic mass is 79.9. The summed E-state index contributed by atoms with van der Waals surface area (Å²) < 4.78 is 1.10. The molecule has 1 fully saturated rings. The minimum Gasteiger partial charge on any atom is -0.317 e. The number of benzene rings is 1. The van der Waals surface area contributed by atoms with E-state index in [4.69, 9.17) is 4.98 Å². The highest BCUT2D eigenvalue weighted by Crippen LogP contribution is 2.43. The molecule has 132 valence electrons. The number of hydrogen-bond donors (Lipinski definition) is 1. The third-order valence-electron chi connectivity index (χ3n) is 5.97. The zero-order valence-electron chi connectivity index (χ0n) is 15.2. The number of halogens is 1. The molecule has 1 aliphatic carbocycles. The van der Waals surface area contributed by atoms with Crippen molar-refractivity contribution < 1.29 is 0 Å². The Hall–Kier alpha value is -1.19. The van der Waals surface area contributed by atoms with Crippen molar-refractivity contribution in [2.24, 2.45) is 5.92 Å². The van der Waals surface area contributed by atoms with Crippen LogP contribution in [0.25, 0.3) is 0 Å². The molecule has 0 bridgehead atoms. The maximum atomic E-state index is 4.96. The van der Waals surface area contributed by atoms with Gasteiger partial charge in [-0.2, -0.15) is 0 Å². The van der Waals surface area contributed by atoms with Crippen LogP contribution in [-0.2, 0) is 19.3 Å². The van der Waals surface area contributed by atoms with E-state index >= 15 is 0 Å². The Kier molecular flexibility index (Phi) is 4.97. The number of fused-ring (bicyclic) bond motifs is 2. The quantitative estimate of drug-likeness (QED) is 0.774. The molecule has 1 aliphatic heterocycles. The molecule has 0 radical (unpaired) electrons. The second-order valence-corrected chi connectivity index (χ2v) is 8.53. The molecule has 2 aliphatic rings. The van der Waals surface area contributed by atoms with Crippen molar-refractivity contribution in [3.8, 4) is 0 Å². The fraction of sp³-hybridized carbons (Fsp3) is 0.500. The van der Waals surface area contributed by atoms with Crippen LogP contribution in [-0.4, -0.2) is 18.1 Å². The van der Waals surface area contributed by atoms with E-state index in [1.54, 1.807) is 11.1 Å². The summed E-state index contributed by atoms with van der Waals surface area (Å²) >= 11 is 3.63. The molecule has 1 N–H and O–H groups in total. The van der Waals surface area contributed by atoms with Crippen molar-refractivity contribution in [2.75, 3.05) is 13.1 Å². The summed E-state index contributed by atoms with van der Waals surface area (Å²) in [6.07, 6.45) is 7.84. The largest absolute Gasteiger partial charge is 0.317 e. The fourth-order valence-electron chi connectivity index (χ4n) is 4.87. The van der Waals surface area contributed by atoms with Gasteiger partial charge in [0.05, 0.1) is 5.69 Å². The van der Waals surface area contributed by atoms with Gasteiger partial charge in [-0.25, -0.2) is 0 Å². The second kappa shape index (κ2) is 7.20. The topological polar surface area (TPSA) is 24.9 Å². The first-order valence-electron chi connectivity index (χ1n) is 9.64. The Labute approximate surface area is 159 Å². The van der Waals surface area contributed by atoms with E-state index < -0.39 is 0 Å². The first-order chi connectivity index (χ1) is 12.2. The lowest BCUT2D eigenvalue weighted by atomic mass is 9.74. The van der Waals surface area contributed by atoms with E-state index in [2.05, 4.69) is 53.3 Å². The van der Waals surface area contributed by atoms with Crippen molar-refractivity contribution in [3.05, 3.63) is 62.4 Å². The smallest absolute Gasteiger partial charge is 0.0514 e. The predicted molar refractivity (Wildman–Crippen MR) is 107 cm³/mol. The van der Waals surface area contributed by atoms with Gasteiger partial charge >= 0.3 is 0 Å². The van der Waals surface area contributed by atoms with Crippen molar-refractivity contribution >= 4 is 15.9 Å². The normalized spacial score (nSPS) is 20.7. The number of aryl methyl sites for hydroxylation is 4. The summed E-state index contributed by atoms with van der Waals surface area (Å²) in [7, 11) is 0. The summed E-state index contributed by atoms with van der Waals surface area (Å²) in [5.74, 6) is 1.15. The van der Waals surface area contributed by atoms with Gasteiger partial charge in [0.15, 0.2) is 0 Å². The number of hydrogen-bond acceptors (Lipinski definition) is 2. The van der Waals surface area contributed by atoms with Gasteiger partial charge in [0.1, 0.15) is 0 Å². The zero-order valence-corrected chi connectivity index (χ0v) is 16.8. The molecule has 0 saturated carbocycles. The van der Waals surface area contributed by atoms with Crippen LogP contribution in [0, 0.1) is 12.8 Å². The molecule has 4 rings (SSSR count). The Morgan fingerprint density at radius 3 is 2.64 bits per heavy atom. The number of piperidine rings is 1. The van der Waals surface area contributed by atoms with Gasteiger partial charge < -0.3 is 5.32 Å². The summed E-state index contributed by atoms with van der Waals surface area (Å²) in [6, 6.07) is 7.15. The third kappa shape index (κ3) is 3.29. The average molecular weight is 399 g/mol. The van der Waals surface area contributed by atoms with Crippen LogP contribution < -0.4 is 5.32 Å². The van der Waals surface area contributed by atoms with Crippen LogP contribution in [0.3, 0.4) is 0 Å². The fourth-order valence-corrected chi connectivity index (χ4v) is 5.25. The third-order valence-corrected chi connectivity index (χ3v) is 6.40. The van der Waals surface area contributed by atoms with E-state index in [1.165, 1.54) is 35.2 Å². The van der Waals surface area contributed by atoms with E-state index in [9.17, 15) is 0 Å². The molecule has 3 heteroatoms. The van der Waals surface area contributed by atoms with Crippen LogP contribution in [0.15, 0.2) is 28.9 Å². The van der Waals surface area contributed by atoms with Gasteiger partial charge in [-0.1, -0.05) is 24.6 Å². The minimum atomic E-state index is 0.457. The molecule has 2 nitrogen and oxygen atoms in total. The molecule has 0 amide bonds. The predicted octanol–water partition coefficient (Wildman–Crippen LogP) is 4.95. The van der Waals surface area contributed by atoms with Crippen molar-refractivity contribution in [1.82, 2.24) is 10.3 Å². The van der Waals surface area contributed by atoms with Gasteiger partial charge in [0, 0.05) is 16.6 Å². The van der Waals surface area contributed by atoms with Gasteiger partial charge in [-0.15, -0.1) is 0 Å². The molecule has 1 aromatic carbocycles. The van der Waals surface area contributed by atoms with E-state index in [1.807, 2.05) is 6.20 Å². The molecule has 1 aromatic heterocycles. The zero-order chi connectivity index (χ0) is 17.4. The minimum absolute atomic E-state index is 0.457. The SMILES string of the molecule is CCc1cc(C)cc2c1C(C1CCNCC1)c1ncc(Br)cc1CC2. The van der Waals surface area contributed by atoms with Gasteiger partial charge in [0.25, 0.3) is 0 Å². The van der Waals surface area contributed by atoms with Gasteiger partial charge in [-0.05, 0) is 102 Å². The number of aromatic nitrogens is 1. The highest BCUT2D eigenvalue weighted by molar-refractivity contribution is 9.10. The summed E-state index contributed by atoms with van der Waals surface area (Å²) in [4.78, 5) is 4.96. The monoisotopic (exact) mass is 398 g/mol. The molecule has 0 spiro atoms. The lowest BCUT2D eigenvalue weighted by molar-refractivity contribution is 0.337. The standard InChI is InChI=1S/C22H27BrN2/c1-3-15-10-14(2)11-17-4-5-18-12-19(23)13-25-22(18)21(20(15)17)16-6-8-24-9-7-16/h10-13,16,21,24H,3-9H2,1-2H3. The van der Waals surface area contributed by atoms with Crippen molar-refractivity contribution in [3.63, 3.8) is 0 Å². The number of nitrogens with one attached hydrogen (secondary N) is 1. The first-order valence-corrected chi connectivity index (χ1v) is 10.4. The lowest BCUT2D eigenvalue weighted by Crippen LogP contribution is -2.32. The van der Waals surface area contributed by atoms with E-state index in [-0.39, 0.29) is 0 Å². The highest BCUT2D eigenvalue weighted by Gasteiger charge is 2.34. The molecule has 25 heavy (non-hydrogen) atoms. The molecule has 2 aromatic rings. The summed E-state index contributed by atoms with van der Waals surface area (Å²) in [6.45, 7) is 6.81. The molecular formula is C22H27BrN2. The Balaban J connectivity index is 1.92. The molecule has 1 saturated heterocycles. The Bertz CT molecular complexity index is 778. The summed E-state index contributed by atoms with van der Waals surface area (Å²) in [5.41, 5.74) is 8.89. The van der Waals surface area contributed by atoms with Crippen molar-refractivity contribution in [2.45, 2.75) is 51.9 Å². The van der Waals surface area contributed by atoms with E-state index in [0.29, 0.717) is 11.8 Å². The average Bonchev–Trinajstić information content (AvgIpc) is 2.78. The van der Waals surface area contributed by atoms with Crippen LogP contribution in [0.1, 0.15) is 59.2 Å². The molecule has 1 atom stereocenters. The van der Waals surface area contributed by atoms with Crippen LogP contribution in [0.5, 0.6) is 0 Å². The first kappa shape index (κ1) is 17.2. The molecule has 1 unspecified atom stereocenters. The molecule has 2 heterocycles. The lowest BCUT2D eigenvalue weighted by Gasteiger charge is -2.33. The van der Waals surface area contributed by atoms with Crippen LogP contribution >= 0.6 is 15.9 Å². The Morgan fingerprint density at radius 1 is 1.12 bits per heavy atom. The van der Waals surface area contributed by atoms with Crippen LogP contribution in [0.4, 0.5) is 0 Å². The number of rotatable bonds is 2. The van der Waals surface area contributed by atoms with Crippen LogP contribution in [0.2, 0.25) is 0 Å². The second-order valence-electron chi connectivity index (χ2n) is 7.61. The number of pyridine rings is 1. The number of nitrogens with zero attached hydrogens (tertiary/aromatic N) is 1. The maximum Gasteiger partial charge on any atom is 0.0514 e. The van der Waals surface area contributed by atoms with E-state index in [0.717, 1.165) is 36.8 Å². The van der Waals surface area contributed by atoms with Crippen molar-refractivity contribution in [1.29, 1.82) is 0 Å². The summed E-state index contributed by atoms with van der Waals surface area (Å²) in [5, 5.41) is 3.54. The Morgan fingerprint density at radius 2 is 1.88 bits per heavy atom. The molecular weight excluding hydrogens is 372 g/mol. The maximum absolute atomic E-state index is 4.96.